The van der Waals surface area contributed by atoms with Crippen LogP contribution in [0.5, 0.6) is 0 Å². The van der Waals surface area contributed by atoms with Gasteiger partial charge in [-0.15, -0.1) is 0 Å². The van der Waals surface area contributed by atoms with Crippen LogP contribution in [0.25, 0.3) is 0 Å². The van der Waals surface area contributed by atoms with Gasteiger partial charge in [-0.3, -0.25) is 28.8 Å². The lowest BCUT2D eigenvalue weighted by Crippen LogP contribution is -2.62. The van der Waals surface area contributed by atoms with E-state index in [4.69, 9.17) is 31.4 Å². The van der Waals surface area contributed by atoms with Gasteiger partial charge in [0.05, 0.1) is 79.3 Å². The van der Waals surface area contributed by atoms with Crippen LogP contribution >= 0.6 is 0 Å². The molecule has 1 heterocycles. The summed E-state index contributed by atoms with van der Waals surface area (Å²) in [5.74, 6) is -2.92. The van der Waals surface area contributed by atoms with Crippen molar-refractivity contribution in [1.29, 1.82) is 0 Å². The second-order valence-electron chi connectivity index (χ2n) is 9.01. The van der Waals surface area contributed by atoms with Crippen LogP contribution in [-0.4, -0.2) is 149 Å². The summed E-state index contributed by atoms with van der Waals surface area (Å²) in [6.45, 7) is 0.611. The molecule has 0 bridgehead atoms. The molecule has 1 fully saturated rings. The third kappa shape index (κ3) is 16.1. The third-order valence-corrected chi connectivity index (χ3v) is 5.60. The Balaban J connectivity index is 2.73. The SMILES string of the molecule is NCCOCCC(=O)NCC(=O)N1CN(C(=O)CNC(=O)CCOCCN)CN(C(=O)CNC(=O)CCOCCN)C1. The van der Waals surface area contributed by atoms with E-state index in [0.717, 1.165) is 0 Å². The third-order valence-electron chi connectivity index (χ3n) is 5.60. The molecule has 1 rings (SSSR count). The van der Waals surface area contributed by atoms with Gasteiger partial charge in [0.1, 0.15) is 0 Å². The van der Waals surface area contributed by atoms with E-state index in [1.165, 1.54) is 14.7 Å². The molecule has 0 aliphatic carbocycles. The number of hydrogen-bond donors (Lipinski definition) is 6. The average Bonchev–Trinajstić information content (AvgIpc) is 2.99. The number of nitrogens with zero attached hydrogens (tertiary/aromatic N) is 3. The lowest BCUT2D eigenvalue weighted by Gasteiger charge is -2.42. The van der Waals surface area contributed by atoms with Crippen molar-refractivity contribution in [3.8, 4) is 0 Å². The summed E-state index contributed by atoms with van der Waals surface area (Å²) in [5.41, 5.74) is 16.0. The van der Waals surface area contributed by atoms with Crippen LogP contribution in [0, 0.1) is 0 Å². The Morgan fingerprint density at radius 2 is 0.738 bits per heavy atom. The number of hydrogen-bond acceptors (Lipinski definition) is 12. The van der Waals surface area contributed by atoms with E-state index in [1.807, 2.05) is 0 Å². The Kier molecular flexibility index (Phi) is 19.4. The van der Waals surface area contributed by atoms with Crippen molar-refractivity contribution in [3.05, 3.63) is 0 Å². The number of carbonyl (C=O) groups excluding carboxylic acids is 6. The van der Waals surface area contributed by atoms with Gasteiger partial charge in [0.15, 0.2) is 0 Å². The predicted octanol–water partition coefficient (Wildman–Crippen LogP) is -5.20. The van der Waals surface area contributed by atoms with E-state index < -0.39 is 35.4 Å². The van der Waals surface area contributed by atoms with Crippen molar-refractivity contribution >= 4 is 35.4 Å². The maximum absolute atomic E-state index is 12.9. The molecule has 240 valence electrons. The molecule has 0 unspecified atom stereocenters. The Morgan fingerprint density at radius 3 is 0.976 bits per heavy atom. The van der Waals surface area contributed by atoms with Crippen LogP contribution in [0.3, 0.4) is 0 Å². The molecule has 1 aliphatic rings. The molecule has 18 heteroatoms. The van der Waals surface area contributed by atoms with Crippen LogP contribution in [-0.2, 0) is 43.0 Å². The maximum Gasteiger partial charge on any atom is 0.244 e. The fourth-order valence-electron chi connectivity index (χ4n) is 3.40. The topological polar surface area (TPSA) is 254 Å². The molecule has 0 aromatic heterocycles. The molecule has 6 amide bonds. The van der Waals surface area contributed by atoms with Crippen LogP contribution in [0.15, 0.2) is 0 Å². The summed E-state index contributed by atoms with van der Waals surface area (Å²) in [6.07, 6.45) is 0.0727. The summed E-state index contributed by atoms with van der Waals surface area (Å²) in [5, 5.41) is 7.44. The van der Waals surface area contributed by atoms with E-state index >= 15 is 0 Å². The molecule has 1 saturated heterocycles. The number of ether oxygens (including phenoxy) is 3. The molecule has 0 radical (unpaired) electrons. The molecule has 9 N–H and O–H groups in total. The average molecular weight is 604 g/mol. The zero-order valence-electron chi connectivity index (χ0n) is 24.0. The van der Waals surface area contributed by atoms with Gasteiger partial charge in [-0.25, -0.2) is 0 Å². The standard InChI is InChI=1S/C24H45N9O9/c25-4-10-40-7-1-19(34)28-13-22(37)31-16-32(23(38)14-29-20(35)2-8-41-11-5-26)18-33(17-31)24(39)15-30-21(36)3-9-42-12-6-27/h1-18,25-27H2,(H,28,34)(H,29,35)(H,30,36). The molecule has 18 nitrogen and oxygen atoms in total. The summed E-state index contributed by atoms with van der Waals surface area (Å²) in [4.78, 5) is 78.4. The van der Waals surface area contributed by atoms with Crippen molar-refractivity contribution in [2.75, 3.05) is 98.9 Å². The molecule has 1 aliphatic heterocycles. The second kappa shape index (κ2) is 22.2. The molecule has 42 heavy (non-hydrogen) atoms. The van der Waals surface area contributed by atoms with Gasteiger partial charge in [-0.1, -0.05) is 0 Å². The lowest BCUT2D eigenvalue weighted by atomic mass is 10.3. The molecule has 0 saturated carbocycles. The maximum atomic E-state index is 12.9. The van der Waals surface area contributed by atoms with Crippen molar-refractivity contribution in [2.24, 2.45) is 17.2 Å². The zero-order chi connectivity index (χ0) is 31.2. The first-order valence-electron chi connectivity index (χ1n) is 13.7. The first-order chi connectivity index (χ1) is 20.2. The van der Waals surface area contributed by atoms with Gasteiger partial charge in [-0.05, 0) is 0 Å². The van der Waals surface area contributed by atoms with Crippen LogP contribution in [0.2, 0.25) is 0 Å². The van der Waals surface area contributed by atoms with Crippen LogP contribution in [0.4, 0.5) is 0 Å². The predicted molar refractivity (Wildman–Crippen MR) is 148 cm³/mol. The summed E-state index contributed by atoms with van der Waals surface area (Å²) in [7, 11) is 0. The summed E-state index contributed by atoms with van der Waals surface area (Å²) in [6, 6.07) is 0. The number of rotatable bonds is 21. The Hall–Kier alpha value is -3.42. The fourth-order valence-corrected chi connectivity index (χ4v) is 3.40. The first-order valence-corrected chi connectivity index (χ1v) is 13.7. The van der Waals surface area contributed by atoms with Gasteiger partial charge in [0.25, 0.3) is 0 Å². The highest BCUT2D eigenvalue weighted by Crippen LogP contribution is 2.09. The molecular formula is C24H45N9O9. The Bertz CT molecular complexity index is 763. The normalized spacial score (nSPS) is 13.1. The highest BCUT2D eigenvalue weighted by atomic mass is 16.5. The molecule has 0 atom stereocenters. The van der Waals surface area contributed by atoms with Crippen molar-refractivity contribution in [1.82, 2.24) is 30.7 Å². The van der Waals surface area contributed by atoms with Crippen molar-refractivity contribution in [2.45, 2.75) is 19.3 Å². The minimum absolute atomic E-state index is 0.0242. The lowest BCUT2D eigenvalue weighted by molar-refractivity contribution is -0.158. The minimum atomic E-state index is -0.552. The minimum Gasteiger partial charge on any atom is -0.380 e. The highest BCUT2D eigenvalue weighted by molar-refractivity contribution is 5.88. The van der Waals surface area contributed by atoms with Crippen LogP contribution < -0.4 is 33.2 Å². The van der Waals surface area contributed by atoms with Gasteiger partial charge < -0.3 is 62.1 Å². The first kappa shape index (κ1) is 36.6. The van der Waals surface area contributed by atoms with E-state index in [-0.39, 0.29) is 78.7 Å². The smallest absolute Gasteiger partial charge is 0.244 e. The summed E-state index contributed by atoms with van der Waals surface area (Å²) >= 11 is 0. The van der Waals surface area contributed by atoms with Crippen molar-refractivity contribution in [3.63, 3.8) is 0 Å². The Morgan fingerprint density at radius 1 is 0.476 bits per heavy atom. The number of carbonyl (C=O) groups is 6. The molecule has 0 aromatic carbocycles. The van der Waals surface area contributed by atoms with Crippen molar-refractivity contribution < 1.29 is 43.0 Å². The molecular weight excluding hydrogens is 558 g/mol. The number of nitrogens with two attached hydrogens (primary N) is 3. The monoisotopic (exact) mass is 603 g/mol. The largest absolute Gasteiger partial charge is 0.380 e. The highest BCUT2D eigenvalue weighted by Gasteiger charge is 2.32. The molecule has 0 aromatic rings. The van der Waals surface area contributed by atoms with Gasteiger partial charge in [0.2, 0.25) is 35.4 Å². The van der Waals surface area contributed by atoms with Gasteiger partial charge in [-0.2, -0.15) is 0 Å². The quantitative estimate of drug-likeness (QED) is 0.0673. The zero-order valence-corrected chi connectivity index (χ0v) is 24.0. The van der Waals surface area contributed by atoms with E-state index in [9.17, 15) is 28.8 Å². The number of nitrogens with one attached hydrogen (secondary N) is 3. The summed E-state index contributed by atoms with van der Waals surface area (Å²) < 4.78 is 15.4. The second-order valence-corrected chi connectivity index (χ2v) is 9.01. The van der Waals surface area contributed by atoms with Gasteiger partial charge in [0, 0.05) is 38.9 Å². The number of amides is 6. The molecule has 0 spiro atoms. The van der Waals surface area contributed by atoms with E-state index in [0.29, 0.717) is 39.5 Å². The van der Waals surface area contributed by atoms with Gasteiger partial charge >= 0.3 is 0 Å². The van der Waals surface area contributed by atoms with Crippen LogP contribution in [0.1, 0.15) is 19.3 Å². The van der Waals surface area contributed by atoms with E-state index in [2.05, 4.69) is 16.0 Å². The van der Waals surface area contributed by atoms with E-state index in [1.54, 1.807) is 0 Å². The Labute approximate surface area is 244 Å². The fraction of sp³-hybridized carbons (Fsp3) is 0.750.